The van der Waals surface area contributed by atoms with Crippen molar-refractivity contribution in [2.75, 3.05) is 20.6 Å². The zero-order chi connectivity index (χ0) is 15.4. The zero-order valence-electron chi connectivity index (χ0n) is 12.0. The molecule has 6 heteroatoms. The maximum Gasteiger partial charge on any atom is 0.186 e. The number of halogens is 2. The van der Waals surface area contributed by atoms with E-state index in [1.165, 1.54) is 0 Å². The van der Waals surface area contributed by atoms with Crippen LogP contribution in [0.2, 0.25) is 5.02 Å². The summed E-state index contributed by atoms with van der Waals surface area (Å²) in [6.07, 6.45) is 1.98. The minimum absolute atomic E-state index is 0.0281. The molecule has 1 aromatic carbocycles. The third kappa shape index (κ3) is 4.40. The van der Waals surface area contributed by atoms with Crippen LogP contribution < -0.4 is 0 Å². The first-order chi connectivity index (χ1) is 9.97. The highest BCUT2D eigenvalue weighted by molar-refractivity contribution is 9.10. The Kier molecular flexibility index (Phi) is 5.56. The van der Waals surface area contributed by atoms with Crippen molar-refractivity contribution in [1.29, 1.82) is 0 Å². The van der Waals surface area contributed by atoms with Crippen molar-refractivity contribution in [2.24, 2.45) is 0 Å². The minimum Gasteiger partial charge on any atom is -0.308 e. The van der Waals surface area contributed by atoms with Gasteiger partial charge in [-0.1, -0.05) is 23.7 Å². The quantitative estimate of drug-likeness (QED) is 0.732. The Morgan fingerprint density at radius 1 is 1.43 bits per heavy atom. The Labute approximate surface area is 137 Å². The van der Waals surface area contributed by atoms with E-state index in [1.807, 2.05) is 32.3 Å². The number of rotatable bonds is 6. The van der Waals surface area contributed by atoms with Crippen LogP contribution in [0.25, 0.3) is 0 Å². The van der Waals surface area contributed by atoms with E-state index in [9.17, 15) is 4.79 Å². The summed E-state index contributed by atoms with van der Waals surface area (Å²) < 4.78 is 2.48. The maximum atomic E-state index is 12.5. The summed E-state index contributed by atoms with van der Waals surface area (Å²) in [5.74, 6) is 0.0281. The summed E-state index contributed by atoms with van der Waals surface area (Å²) in [6, 6.07) is 7.36. The minimum atomic E-state index is 0.0281. The van der Waals surface area contributed by atoms with Crippen molar-refractivity contribution in [2.45, 2.75) is 13.0 Å². The Bertz CT molecular complexity index is 640. The Hall–Kier alpha value is -1.17. The number of likely N-dealkylation sites (N-methyl/N-ethyl adjacent to an activating group) is 1. The van der Waals surface area contributed by atoms with Gasteiger partial charge in [0.1, 0.15) is 5.69 Å². The lowest BCUT2D eigenvalue weighted by Crippen LogP contribution is -2.22. The van der Waals surface area contributed by atoms with Crippen molar-refractivity contribution in [3.8, 4) is 0 Å². The fourth-order valence-corrected chi connectivity index (χ4v) is 2.75. The largest absolute Gasteiger partial charge is 0.308 e. The fourth-order valence-electron chi connectivity index (χ4n) is 2.02. The van der Waals surface area contributed by atoms with Crippen LogP contribution in [0.1, 0.15) is 16.1 Å². The van der Waals surface area contributed by atoms with Gasteiger partial charge >= 0.3 is 0 Å². The molecule has 0 radical (unpaired) electrons. The van der Waals surface area contributed by atoms with Gasteiger partial charge < -0.3 is 4.90 Å². The molecule has 0 spiro atoms. The summed E-state index contributed by atoms with van der Waals surface area (Å²) in [4.78, 5) is 14.6. The Morgan fingerprint density at radius 2 is 2.19 bits per heavy atom. The molecule has 2 aromatic rings. The summed E-state index contributed by atoms with van der Waals surface area (Å²) in [5, 5.41) is 4.90. The summed E-state index contributed by atoms with van der Waals surface area (Å²) >= 11 is 9.37. The highest BCUT2D eigenvalue weighted by Gasteiger charge is 2.17. The molecule has 0 atom stereocenters. The molecular formula is C15H17BrClN3O. The molecule has 0 saturated carbocycles. The van der Waals surface area contributed by atoms with Gasteiger partial charge in [-0.05, 0) is 47.7 Å². The average molecular weight is 371 g/mol. The van der Waals surface area contributed by atoms with Crippen LogP contribution in [0, 0.1) is 0 Å². The predicted molar refractivity (Wildman–Crippen MR) is 88.0 cm³/mol. The van der Waals surface area contributed by atoms with Crippen molar-refractivity contribution in [3.63, 3.8) is 0 Å². The second kappa shape index (κ2) is 7.20. The second-order valence-electron chi connectivity index (χ2n) is 5.10. The molecule has 1 heterocycles. The Morgan fingerprint density at radius 3 is 2.86 bits per heavy atom. The average Bonchev–Trinajstić information content (AvgIpc) is 2.77. The zero-order valence-corrected chi connectivity index (χ0v) is 14.4. The van der Waals surface area contributed by atoms with E-state index in [2.05, 4.69) is 25.9 Å². The maximum absolute atomic E-state index is 12.5. The number of ketones is 1. The number of hydrogen-bond acceptors (Lipinski definition) is 3. The molecule has 21 heavy (non-hydrogen) atoms. The summed E-state index contributed by atoms with van der Waals surface area (Å²) in [6.45, 7) is 1.50. The molecule has 0 bridgehead atoms. The van der Waals surface area contributed by atoms with E-state index in [0.29, 0.717) is 23.7 Å². The van der Waals surface area contributed by atoms with Crippen molar-refractivity contribution >= 4 is 33.3 Å². The van der Waals surface area contributed by atoms with Crippen LogP contribution in [0.4, 0.5) is 0 Å². The molecule has 0 saturated heterocycles. The number of nitrogens with zero attached hydrogens (tertiary/aromatic N) is 3. The third-order valence-electron chi connectivity index (χ3n) is 3.07. The first-order valence-electron chi connectivity index (χ1n) is 6.61. The topological polar surface area (TPSA) is 38.1 Å². The van der Waals surface area contributed by atoms with Gasteiger partial charge in [-0.2, -0.15) is 5.10 Å². The van der Waals surface area contributed by atoms with E-state index in [0.717, 1.165) is 16.6 Å². The first kappa shape index (κ1) is 16.2. The monoisotopic (exact) mass is 369 g/mol. The van der Waals surface area contributed by atoms with E-state index < -0.39 is 0 Å². The number of carbonyl (C=O) groups excluding carboxylic acids is 1. The molecular weight excluding hydrogens is 354 g/mol. The molecule has 2 rings (SSSR count). The molecule has 4 nitrogen and oxygen atoms in total. The molecule has 0 fully saturated rings. The number of benzene rings is 1. The van der Waals surface area contributed by atoms with E-state index in [-0.39, 0.29) is 5.78 Å². The second-order valence-corrected chi connectivity index (χ2v) is 6.39. The molecule has 0 unspecified atom stereocenters. The number of hydrogen-bond donors (Lipinski definition) is 0. The number of Topliss-reactive ketones (excluding diaryl/α,β-unsaturated/α-hetero) is 1. The van der Waals surface area contributed by atoms with E-state index >= 15 is 0 Å². The van der Waals surface area contributed by atoms with Crippen molar-refractivity contribution in [1.82, 2.24) is 14.7 Å². The van der Waals surface area contributed by atoms with Gasteiger partial charge in [0.2, 0.25) is 0 Å². The number of aromatic nitrogens is 2. The highest BCUT2D eigenvalue weighted by atomic mass is 79.9. The van der Waals surface area contributed by atoms with Crippen molar-refractivity contribution < 1.29 is 4.79 Å². The van der Waals surface area contributed by atoms with Gasteiger partial charge in [0.15, 0.2) is 5.78 Å². The van der Waals surface area contributed by atoms with Gasteiger partial charge in [-0.25, -0.2) is 0 Å². The highest BCUT2D eigenvalue weighted by Crippen LogP contribution is 2.19. The van der Waals surface area contributed by atoms with Crippen LogP contribution in [0.15, 0.2) is 34.9 Å². The normalized spacial score (nSPS) is 11.1. The molecule has 0 aliphatic heterocycles. The molecule has 0 amide bonds. The smallest absolute Gasteiger partial charge is 0.186 e. The van der Waals surface area contributed by atoms with Gasteiger partial charge in [0.05, 0.1) is 17.2 Å². The fraction of sp³-hybridized carbons (Fsp3) is 0.333. The Balaban J connectivity index is 2.17. The summed E-state index contributed by atoms with van der Waals surface area (Å²) in [5.41, 5.74) is 1.51. The molecule has 0 aliphatic rings. The van der Waals surface area contributed by atoms with E-state index in [4.69, 9.17) is 11.6 Å². The first-order valence-corrected chi connectivity index (χ1v) is 7.78. The molecule has 0 aliphatic carbocycles. The third-order valence-corrected chi connectivity index (χ3v) is 3.89. The lowest BCUT2D eigenvalue weighted by molar-refractivity contribution is 0.0981. The van der Waals surface area contributed by atoms with Gasteiger partial charge in [-0.15, -0.1) is 0 Å². The van der Waals surface area contributed by atoms with Crippen molar-refractivity contribution in [3.05, 3.63) is 51.2 Å². The van der Waals surface area contributed by atoms with Gasteiger partial charge in [0, 0.05) is 18.0 Å². The standard InChI is InChI=1S/C15H17BrClN3O/c1-19(2)6-7-20-15(13(16)10-18-20)14(21)9-11-4-3-5-12(17)8-11/h3-5,8,10H,6-7,9H2,1-2H3. The SMILES string of the molecule is CN(C)CCn1ncc(Br)c1C(=O)Cc1cccc(Cl)c1. The van der Waals surface area contributed by atoms with Crippen LogP contribution in [0.5, 0.6) is 0 Å². The molecule has 0 N–H and O–H groups in total. The van der Waals surface area contributed by atoms with Gasteiger partial charge in [0.25, 0.3) is 0 Å². The van der Waals surface area contributed by atoms with E-state index in [1.54, 1.807) is 16.9 Å². The van der Waals surface area contributed by atoms with Crippen LogP contribution in [-0.2, 0) is 13.0 Å². The van der Waals surface area contributed by atoms with Gasteiger partial charge in [-0.3, -0.25) is 9.48 Å². The molecule has 1 aromatic heterocycles. The van der Waals surface area contributed by atoms with Crippen LogP contribution >= 0.6 is 27.5 Å². The van der Waals surface area contributed by atoms with Crippen LogP contribution in [-0.4, -0.2) is 41.1 Å². The summed E-state index contributed by atoms with van der Waals surface area (Å²) in [7, 11) is 3.98. The number of carbonyl (C=O) groups is 1. The molecule has 112 valence electrons. The lowest BCUT2D eigenvalue weighted by Gasteiger charge is -2.12. The lowest BCUT2D eigenvalue weighted by atomic mass is 10.1. The predicted octanol–water partition coefficient (Wildman–Crippen LogP) is 3.29. The van der Waals surface area contributed by atoms with Crippen LogP contribution in [0.3, 0.4) is 0 Å².